The Bertz CT molecular complexity index is 962. The number of carbonyl (C=O) groups excluding carboxylic acids is 1. The third-order valence-electron chi connectivity index (χ3n) is 4.12. The van der Waals surface area contributed by atoms with Crippen molar-refractivity contribution in [1.29, 1.82) is 0 Å². The zero-order chi connectivity index (χ0) is 18.6. The Hall–Kier alpha value is -3.61. The minimum absolute atomic E-state index is 0.214. The highest BCUT2D eigenvalue weighted by atomic mass is 16.6. The summed E-state index contributed by atoms with van der Waals surface area (Å²) in [4.78, 5) is 22.8. The molecule has 1 N–H and O–H groups in total. The number of fused-ring (bicyclic) bond motifs is 1. The smallest absolute Gasteiger partial charge is 0.276 e. The molecule has 0 bridgehead atoms. The van der Waals surface area contributed by atoms with Gasteiger partial charge in [0, 0.05) is 30.7 Å². The van der Waals surface area contributed by atoms with E-state index in [1.54, 1.807) is 24.2 Å². The van der Waals surface area contributed by atoms with Crippen LogP contribution in [0.1, 0.15) is 10.5 Å². The Kier molecular flexibility index (Phi) is 4.57. The third-order valence-corrected chi connectivity index (χ3v) is 4.12. The molecule has 2 aromatic carbocycles. The second-order valence-corrected chi connectivity index (χ2v) is 5.95. The Morgan fingerprint density at radius 3 is 2.63 bits per heavy atom. The molecule has 1 aromatic heterocycles. The molecule has 27 heavy (non-hydrogen) atoms. The van der Waals surface area contributed by atoms with Crippen molar-refractivity contribution in [3.63, 3.8) is 0 Å². The summed E-state index contributed by atoms with van der Waals surface area (Å²) in [5, 5.41) is 3.10. The lowest BCUT2D eigenvalue weighted by molar-refractivity contribution is 0.0988. The Morgan fingerprint density at radius 2 is 1.81 bits per heavy atom. The Balaban J connectivity index is 1.53. The first-order valence-corrected chi connectivity index (χ1v) is 8.53. The number of para-hydroxylation sites is 1. The number of anilines is 3. The van der Waals surface area contributed by atoms with Gasteiger partial charge in [0.1, 0.15) is 18.9 Å². The lowest BCUT2D eigenvalue weighted by atomic mass is 10.2. The predicted molar refractivity (Wildman–Crippen MR) is 102 cm³/mol. The van der Waals surface area contributed by atoms with Crippen LogP contribution in [0.4, 0.5) is 17.3 Å². The second kappa shape index (κ2) is 7.33. The minimum atomic E-state index is -0.214. The highest BCUT2D eigenvalue weighted by Crippen LogP contribution is 2.33. The summed E-state index contributed by atoms with van der Waals surface area (Å²) < 4.78 is 11.1. The number of hydrogen-bond acceptors (Lipinski definition) is 6. The van der Waals surface area contributed by atoms with E-state index in [9.17, 15) is 4.79 Å². The van der Waals surface area contributed by atoms with E-state index >= 15 is 0 Å². The van der Waals surface area contributed by atoms with Gasteiger partial charge >= 0.3 is 0 Å². The van der Waals surface area contributed by atoms with Crippen LogP contribution in [-0.2, 0) is 0 Å². The molecule has 1 aliphatic heterocycles. The van der Waals surface area contributed by atoms with Crippen molar-refractivity contribution in [3.05, 3.63) is 66.5 Å². The van der Waals surface area contributed by atoms with Gasteiger partial charge in [-0.3, -0.25) is 4.79 Å². The maximum absolute atomic E-state index is 12.7. The second-order valence-electron chi connectivity index (χ2n) is 5.95. The summed E-state index contributed by atoms with van der Waals surface area (Å²) in [6.45, 7) is 1.06. The lowest BCUT2D eigenvalue weighted by Crippen LogP contribution is -2.27. The molecule has 7 heteroatoms. The van der Waals surface area contributed by atoms with Crippen molar-refractivity contribution in [3.8, 4) is 11.5 Å². The summed E-state index contributed by atoms with van der Waals surface area (Å²) in [6, 6.07) is 16.5. The van der Waals surface area contributed by atoms with E-state index in [0.29, 0.717) is 36.4 Å². The fourth-order valence-corrected chi connectivity index (χ4v) is 2.73. The molecular formula is C20H18N4O3. The number of hydrogen-bond donors (Lipinski definition) is 1. The molecule has 0 aliphatic carbocycles. The van der Waals surface area contributed by atoms with Gasteiger partial charge < -0.3 is 19.7 Å². The largest absolute Gasteiger partial charge is 0.486 e. The molecule has 0 spiro atoms. The van der Waals surface area contributed by atoms with Crippen molar-refractivity contribution < 1.29 is 14.3 Å². The monoisotopic (exact) mass is 362 g/mol. The van der Waals surface area contributed by atoms with Gasteiger partial charge in [0.05, 0.1) is 0 Å². The van der Waals surface area contributed by atoms with Crippen LogP contribution in [0.3, 0.4) is 0 Å². The number of nitrogens with one attached hydrogen (secondary N) is 1. The lowest BCUT2D eigenvalue weighted by Gasteiger charge is -2.19. The molecule has 1 aliphatic rings. The van der Waals surface area contributed by atoms with E-state index in [1.165, 1.54) is 0 Å². The Morgan fingerprint density at radius 1 is 1.04 bits per heavy atom. The zero-order valence-corrected chi connectivity index (χ0v) is 14.8. The first-order chi connectivity index (χ1) is 13.2. The zero-order valence-electron chi connectivity index (χ0n) is 14.8. The van der Waals surface area contributed by atoms with E-state index in [-0.39, 0.29) is 5.91 Å². The van der Waals surface area contributed by atoms with E-state index in [4.69, 9.17) is 9.47 Å². The maximum atomic E-state index is 12.7. The summed E-state index contributed by atoms with van der Waals surface area (Å²) in [7, 11) is 1.72. The van der Waals surface area contributed by atoms with Crippen molar-refractivity contribution in [2.45, 2.75) is 0 Å². The van der Waals surface area contributed by atoms with Gasteiger partial charge in [-0.05, 0) is 30.3 Å². The molecule has 3 aromatic rings. The highest BCUT2D eigenvalue weighted by molar-refractivity contribution is 6.04. The number of aromatic nitrogens is 2. The van der Waals surface area contributed by atoms with Gasteiger partial charge in [-0.25, -0.2) is 9.97 Å². The van der Waals surface area contributed by atoms with Gasteiger partial charge in [0.25, 0.3) is 5.91 Å². The van der Waals surface area contributed by atoms with Crippen LogP contribution in [0.2, 0.25) is 0 Å². The predicted octanol–water partition coefficient (Wildman–Crippen LogP) is 3.27. The number of amides is 1. The molecule has 136 valence electrons. The van der Waals surface area contributed by atoms with Crippen molar-refractivity contribution in [2.75, 3.05) is 30.5 Å². The minimum Gasteiger partial charge on any atom is -0.486 e. The van der Waals surface area contributed by atoms with Crippen molar-refractivity contribution in [1.82, 2.24) is 9.97 Å². The van der Waals surface area contributed by atoms with Crippen LogP contribution in [0, 0.1) is 0 Å². The summed E-state index contributed by atoms with van der Waals surface area (Å²) in [6.07, 6.45) is 1.55. The molecule has 0 saturated heterocycles. The summed E-state index contributed by atoms with van der Waals surface area (Å²) in [5.74, 6) is 1.50. The molecular weight excluding hydrogens is 344 g/mol. The summed E-state index contributed by atoms with van der Waals surface area (Å²) >= 11 is 0. The fraction of sp³-hybridized carbons (Fsp3) is 0.150. The highest BCUT2D eigenvalue weighted by Gasteiger charge is 2.16. The number of nitrogens with zero attached hydrogens (tertiary/aromatic N) is 3. The van der Waals surface area contributed by atoms with Gasteiger partial charge in [0.2, 0.25) is 5.95 Å². The molecule has 0 radical (unpaired) electrons. The normalized spacial score (nSPS) is 12.3. The van der Waals surface area contributed by atoms with E-state index < -0.39 is 0 Å². The van der Waals surface area contributed by atoms with Crippen LogP contribution in [0.25, 0.3) is 0 Å². The number of rotatable bonds is 4. The Labute approximate surface area is 156 Å². The van der Waals surface area contributed by atoms with Gasteiger partial charge in [-0.15, -0.1) is 0 Å². The number of benzene rings is 2. The van der Waals surface area contributed by atoms with Crippen LogP contribution >= 0.6 is 0 Å². The molecule has 1 amide bonds. The molecule has 0 unspecified atom stereocenters. The first-order valence-electron chi connectivity index (χ1n) is 8.53. The average Bonchev–Trinajstić information content (AvgIpc) is 2.73. The van der Waals surface area contributed by atoms with E-state index in [2.05, 4.69) is 15.3 Å². The average molecular weight is 362 g/mol. The van der Waals surface area contributed by atoms with Crippen molar-refractivity contribution in [2.24, 2.45) is 0 Å². The van der Waals surface area contributed by atoms with Gasteiger partial charge in [-0.2, -0.15) is 0 Å². The van der Waals surface area contributed by atoms with E-state index in [0.717, 1.165) is 11.4 Å². The molecule has 0 fully saturated rings. The van der Waals surface area contributed by atoms with Gasteiger partial charge in [-0.1, -0.05) is 18.2 Å². The van der Waals surface area contributed by atoms with Crippen LogP contribution < -0.4 is 19.7 Å². The quantitative estimate of drug-likeness (QED) is 0.768. The third kappa shape index (κ3) is 3.67. The maximum Gasteiger partial charge on any atom is 0.276 e. The van der Waals surface area contributed by atoms with Crippen LogP contribution in [0.15, 0.2) is 60.8 Å². The van der Waals surface area contributed by atoms with Crippen molar-refractivity contribution >= 4 is 23.2 Å². The number of carbonyl (C=O) groups is 1. The fourth-order valence-electron chi connectivity index (χ4n) is 2.73. The SMILES string of the molecule is CN(C(=O)c1ccnc(Nc2ccc3c(c2)OCCO3)n1)c1ccccc1. The molecule has 7 nitrogen and oxygen atoms in total. The van der Waals surface area contributed by atoms with E-state index in [1.807, 2.05) is 48.5 Å². The first kappa shape index (κ1) is 16.8. The number of ether oxygens (including phenoxy) is 2. The molecule has 0 atom stereocenters. The van der Waals surface area contributed by atoms with Crippen LogP contribution in [0.5, 0.6) is 11.5 Å². The topological polar surface area (TPSA) is 76.6 Å². The molecule has 2 heterocycles. The standard InChI is InChI=1S/C20H18N4O3/c1-24(15-5-3-2-4-6-15)19(25)16-9-10-21-20(23-16)22-14-7-8-17-18(13-14)27-12-11-26-17/h2-10,13H,11-12H2,1H3,(H,21,22,23). The summed E-state index contributed by atoms with van der Waals surface area (Å²) in [5.41, 5.74) is 1.85. The molecule has 4 rings (SSSR count). The molecule has 0 saturated carbocycles. The van der Waals surface area contributed by atoms with Crippen LogP contribution in [-0.4, -0.2) is 36.1 Å². The van der Waals surface area contributed by atoms with Gasteiger partial charge in [0.15, 0.2) is 11.5 Å².